The van der Waals surface area contributed by atoms with Gasteiger partial charge in [-0.2, -0.15) is 13.2 Å². The Morgan fingerprint density at radius 3 is 2.50 bits per heavy atom. The molecule has 1 saturated carbocycles. The summed E-state index contributed by atoms with van der Waals surface area (Å²) in [5, 5.41) is 4.96. The van der Waals surface area contributed by atoms with Crippen molar-refractivity contribution in [3.05, 3.63) is 34.9 Å². The van der Waals surface area contributed by atoms with Crippen molar-refractivity contribution in [3.63, 3.8) is 0 Å². The largest absolute Gasteiger partial charge is 0.416 e. The number of benzene rings is 1. The average Bonchev–Trinajstić information content (AvgIpc) is 3.31. The molecule has 1 aliphatic carbocycles. The van der Waals surface area contributed by atoms with E-state index in [0.29, 0.717) is 11.1 Å². The van der Waals surface area contributed by atoms with Crippen molar-refractivity contribution in [1.29, 1.82) is 0 Å². The van der Waals surface area contributed by atoms with E-state index in [9.17, 15) is 27.6 Å². The van der Waals surface area contributed by atoms with E-state index >= 15 is 0 Å². The van der Waals surface area contributed by atoms with Gasteiger partial charge < -0.3 is 10.2 Å². The van der Waals surface area contributed by atoms with Gasteiger partial charge in [0.2, 0.25) is 5.91 Å². The van der Waals surface area contributed by atoms with Gasteiger partial charge in [-0.1, -0.05) is 13.0 Å². The van der Waals surface area contributed by atoms with Crippen LogP contribution in [-0.4, -0.2) is 28.3 Å². The minimum atomic E-state index is -4.43. The third-order valence-electron chi connectivity index (χ3n) is 5.86. The molecule has 2 N–H and O–H groups in total. The zero-order chi connectivity index (χ0) is 20.3. The Morgan fingerprint density at radius 1 is 1.25 bits per heavy atom. The van der Waals surface area contributed by atoms with Crippen LogP contribution in [0.25, 0.3) is 0 Å². The third kappa shape index (κ3) is 3.12. The van der Waals surface area contributed by atoms with Gasteiger partial charge in [-0.05, 0) is 48.4 Å². The molecule has 2 aliphatic heterocycles. The predicted octanol–water partition coefficient (Wildman–Crippen LogP) is 2.56. The summed E-state index contributed by atoms with van der Waals surface area (Å²) in [5.41, 5.74) is -0.620. The molecule has 2 fully saturated rings. The number of amides is 4. The van der Waals surface area contributed by atoms with Crippen LogP contribution < -0.4 is 10.6 Å². The number of carbonyl (C=O) groups excluding carboxylic acids is 3. The Labute approximate surface area is 159 Å². The van der Waals surface area contributed by atoms with E-state index in [1.165, 1.54) is 11.0 Å². The lowest BCUT2D eigenvalue weighted by Gasteiger charge is -2.30. The molecule has 150 valence electrons. The van der Waals surface area contributed by atoms with Gasteiger partial charge in [0.1, 0.15) is 5.54 Å². The number of nitrogens with zero attached hydrogens (tertiary/aromatic N) is 1. The van der Waals surface area contributed by atoms with E-state index in [2.05, 4.69) is 10.6 Å². The topological polar surface area (TPSA) is 78.5 Å². The highest BCUT2D eigenvalue weighted by atomic mass is 19.4. The number of carbonyl (C=O) groups is 3. The van der Waals surface area contributed by atoms with E-state index in [1.54, 1.807) is 6.92 Å². The van der Waals surface area contributed by atoms with Gasteiger partial charge in [-0.15, -0.1) is 0 Å². The quantitative estimate of drug-likeness (QED) is 0.770. The molecule has 4 rings (SSSR count). The summed E-state index contributed by atoms with van der Waals surface area (Å²) in [4.78, 5) is 38.4. The van der Waals surface area contributed by atoms with E-state index in [1.807, 2.05) is 0 Å². The van der Waals surface area contributed by atoms with Crippen molar-refractivity contribution in [1.82, 2.24) is 15.5 Å². The van der Waals surface area contributed by atoms with Crippen LogP contribution in [0.2, 0.25) is 0 Å². The van der Waals surface area contributed by atoms with Crippen molar-refractivity contribution in [2.45, 2.75) is 51.0 Å². The Balaban J connectivity index is 1.47. The minimum Gasteiger partial charge on any atom is -0.334 e. The lowest BCUT2D eigenvalue weighted by atomic mass is 9.83. The van der Waals surface area contributed by atoms with E-state index in [0.717, 1.165) is 25.0 Å². The predicted molar refractivity (Wildman–Crippen MR) is 91.6 cm³/mol. The van der Waals surface area contributed by atoms with Crippen LogP contribution in [-0.2, 0) is 28.9 Å². The molecule has 0 bridgehead atoms. The number of alkyl halides is 3. The second kappa shape index (κ2) is 6.22. The van der Waals surface area contributed by atoms with Crippen LogP contribution in [0.1, 0.15) is 42.9 Å². The number of halogens is 3. The monoisotopic (exact) mass is 395 g/mol. The Hall–Kier alpha value is -2.58. The summed E-state index contributed by atoms with van der Waals surface area (Å²) < 4.78 is 38.7. The molecule has 4 amide bonds. The van der Waals surface area contributed by atoms with Crippen LogP contribution in [0.4, 0.5) is 18.0 Å². The lowest BCUT2D eigenvalue weighted by Crippen LogP contribution is -2.51. The van der Waals surface area contributed by atoms with Gasteiger partial charge in [0.25, 0.3) is 5.91 Å². The zero-order valence-electron chi connectivity index (χ0n) is 15.2. The maximum absolute atomic E-state index is 12.9. The molecule has 2 heterocycles. The normalized spacial score (nSPS) is 25.4. The third-order valence-corrected chi connectivity index (χ3v) is 5.86. The lowest BCUT2D eigenvalue weighted by molar-refractivity contribution is -0.138. The summed E-state index contributed by atoms with van der Waals surface area (Å²) in [6, 6.07) is 2.97. The second-order valence-electron chi connectivity index (χ2n) is 7.93. The van der Waals surface area contributed by atoms with Gasteiger partial charge in [0.15, 0.2) is 0 Å². The smallest absolute Gasteiger partial charge is 0.334 e. The van der Waals surface area contributed by atoms with Crippen LogP contribution in [0.5, 0.6) is 0 Å². The fraction of sp³-hybridized carbons (Fsp3) is 0.526. The number of nitrogens with one attached hydrogen (secondary N) is 2. The average molecular weight is 395 g/mol. The Kier molecular flexibility index (Phi) is 4.17. The molecular weight excluding hydrogens is 375 g/mol. The molecule has 1 aromatic rings. The van der Waals surface area contributed by atoms with Crippen LogP contribution in [0, 0.1) is 11.8 Å². The molecule has 3 aliphatic rings. The van der Waals surface area contributed by atoms with Crippen molar-refractivity contribution >= 4 is 17.8 Å². The molecular formula is C19H20F3N3O3. The maximum atomic E-state index is 12.9. The van der Waals surface area contributed by atoms with Crippen molar-refractivity contribution in [2.75, 3.05) is 0 Å². The summed E-state index contributed by atoms with van der Waals surface area (Å²) in [6.07, 6.45) is -2.63. The van der Waals surface area contributed by atoms with Gasteiger partial charge in [0.05, 0.1) is 5.56 Å². The van der Waals surface area contributed by atoms with Gasteiger partial charge in [-0.3, -0.25) is 14.9 Å². The highest BCUT2D eigenvalue weighted by molar-refractivity contribution is 6.07. The van der Waals surface area contributed by atoms with Crippen LogP contribution in [0.15, 0.2) is 18.2 Å². The number of urea groups is 1. The highest BCUT2D eigenvalue weighted by Gasteiger charge is 2.56. The second-order valence-corrected chi connectivity index (χ2v) is 7.93. The summed E-state index contributed by atoms with van der Waals surface area (Å²) in [7, 11) is 0. The van der Waals surface area contributed by atoms with Crippen molar-refractivity contribution < 1.29 is 27.6 Å². The fourth-order valence-electron chi connectivity index (χ4n) is 4.29. The van der Waals surface area contributed by atoms with Gasteiger partial charge in [0, 0.05) is 19.0 Å². The Bertz CT molecular complexity index is 866. The van der Waals surface area contributed by atoms with Crippen molar-refractivity contribution in [3.8, 4) is 0 Å². The van der Waals surface area contributed by atoms with Crippen LogP contribution >= 0.6 is 0 Å². The Morgan fingerprint density at radius 2 is 1.93 bits per heavy atom. The fourth-order valence-corrected chi connectivity index (χ4v) is 4.29. The molecule has 2 atom stereocenters. The summed E-state index contributed by atoms with van der Waals surface area (Å²) in [5.74, 6) is -1.18. The minimum absolute atomic E-state index is 0.0133. The van der Waals surface area contributed by atoms with E-state index in [4.69, 9.17) is 0 Å². The van der Waals surface area contributed by atoms with Gasteiger partial charge in [-0.25, -0.2) is 4.79 Å². The number of hydrogen-bond donors (Lipinski definition) is 2. The first-order valence-electron chi connectivity index (χ1n) is 9.21. The number of imide groups is 1. The van der Waals surface area contributed by atoms with Gasteiger partial charge >= 0.3 is 12.2 Å². The molecule has 9 heteroatoms. The molecule has 0 aromatic heterocycles. The number of hydrogen-bond acceptors (Lipinski definition) is 3. The highest BCUT2D eigenvalue weighted by Crippen LogP contribution is 2.45. The molecule has 0 spiro atoms. The van der Waals surface area contributed by atoms with Crippen molar-refractivity contribution in [2.24, 2.45) is 11.8 Å². The van der Waals surface area contributed by atoms with E-state index < -0.39 is 35.1 Å². The SMILES string of the molecule is CC(CC1(C2CC2)NC(=O)NC1=O)C(=O)N1Cc2ccc(C(F)(F)F)cc2C1. The first-order chi connectivity index (χ1) is 13.1. The molecule has 2 unspecified atom stereocenters. The molecule has 1 aromatic carbocycles. The maximum Gasteiger partial charge on any atom is 0.416 e. The van der Waals surface area contributed by atoms with Crippen LogP contribution in [0.3, 0.4) is 0 Å². The standard InChI is InChI=1S/C19H20F3N3O3/c1-10(7-18(13-4-5-13)16(27)23-17(28)24-18)15(26)25-8-11-2-3-14(19(20,21)22)6-12(11)9-25/h2-3,6,10,13H,4-5,7-9H2,1H3,(H2,23,24,27,28). The zero-order valence-corrected chi connectivity index (χ0v) is 15.2. The first-order valence-corrected chi connectivity index (χ1v) is 9.21. The molecule has 6 nitrogen and oxygen atoms in total. The summed E-state index contributed by atoms with van der Waals surface area (Å²) in [6.45, 7) is 2.04. The number of fused-ring (bicyclic) bond motifs is 1. The molecule has 0 radical (unpaired) electrons. The summed E-state index contributed by atoms with van der Waals surface area (Å²) >= 11 is 0. The van der Waals surface area contributed by atoms with E-state index in [-0.39, 0.29) is 31.3 Å². The molecule has 1 saturated heterocycles. The molecule has 28 heavy (non-hydrogen) atoms. The number of rotatable bonds is 4. The first kappa shape index (κ1) is 18.8.